The zero-order chi connectivity index (χ0) is 6.27. The van der Waals surface area contributed by atoms with Crippen molar-refractivity contribution in [1.82, 2.24) is 4.57 Å². The van der Waals surface area contributed by atoms with Gasteiger partial charge in [-0.05, 0) is 24.5 Å². The van der Waals surface area contributed by atoms with Gasteiger partial charge >= 0.3 is 0 Å². The van der Waals surface area contributed by atoms with Gasteiger partial charge in [-0.25, -0.2) is 0 Å². The van der Waals surface area contributed by atoms with E-state index in [2.05, 4.69) is 29.8 Å². The van der Waals surface area contributed by atoms with Gasteiger partial charge in [0.05, 0.1) is 0 Å². The SMILES string of the molecule is CC1Cc2cccn2C1. The Balaban J connectivity index is 2.39. The molecular formula is C8H11N. The summed E-state index contributed by atoms with van der Waals surface area (Å²) in [4.78, 5) is 0. The fourth-order valence-corrected chi connectivity index (χ4v) is 1.57. The molecule has 1 heteroatoms. The number of fused-ring (bicyclic) bond motifs is 1. The molecule has 0 N–H and O–H groups in total. The van der Waals surface area contributed by atoms with Crippen LogP contribution in [-0.4, -0.2) is 4.57 Å². The third-order valence-corrected chi connectivity index (χ3v) is 1.99. The first-order valence-electron chi connectivity index (χ1n) is 3.50. The van der Waals surface area contributed by atoms with Crippen LogP contribution in [0.1, 0.15) is 12.6 Å². The second-order valence-corrected chi connectivity index (χ2v) is 2.96. The molecule has 0 saturated carbocycles. The highest BCUT2D eigenvalue weighted by Crippen LogP contribution is 2.19. The first-order valence-corrected chi connectivity index (χ1v) is 3.50. The fourth-order valence-electron chi connectivity index (χ4n) is 1.57. The average molecular weight is 121 g/mol. The Bertz CT molecular complexity index is 192. The van der Waals surface area contributed by atoms with E-state index in [9.17, 15) is 0 Å². The van der Waals surface area contributed by atoms with Crippen LogP contribution >= 0.6 is 0 Å². The normalized spacial score (nSPS) is 24.3. The molecule has 1 aliphatic rings. The van der Waals surface area contributed by atoms with Gasteiger partial charge in [0.15, 0.2) is 0 Å². The van der Waals surface area contributed by atoms with Crippen molar-refractivity contribution in [2.45, 2.75) is 19.9 Å². The summed E-state index contributed by atoms with van der Waals surface area (Å²) in [6.45, 7) is 3.52. The van der Waals surface area contributed by atoms with E-state index in [0.29, 0.717) is 0 Å². The van der Waals surface area contributed by atoms with Gasteiger partial charge in [0.25, 0.3) is 0 Å². The summed E-state index contributed by atoms with van der Waals surface area (Å²) >= 11 is 0. The summed E-state index contributed by atoms with van der Waals surface area (Å²) < 4.78 is 2.34. The van der Waals surface area contributed by atoms with Crippen LogP contribution in [0.4, 0.5) is 0 Å². The van der Waals surface area contributed by atoms with E-state index in [0.717, 1.165) is 5.92 Å². The predicted molar refractivity (Wildman–Crippen MR) is 37.3 cm³/mol. The first kappa shape index (κ1) is 5.10. The Morgan fingerprint density at radius 1 is 1.67 bits per heavy atom. The summed E-state index contributed by atoms with van der Waals surface area (Å²) in [7, 11) is 0. The zero-order valence-electron chi connectivity index (χ0n) is 5.67. The van der Waals surface area contributed by atoms with Gasteiger partial charge in [0.1, 0.15) is 0 Å². The molecule has 9 heavy (non-hydrogen) atoms. The largest absolute Gasteiger partial charge is 0.351 e. The van der Waals surface area contributed by atoms with Crippen molar-refractivity contribution in [2.24, 2.45) is 5.92 Å². The molecule has 2 heterocycles. The monoisotopic (exact) mass is 121 g/mol. The average Bonchev–Trinajstić information content (AvgIpc) is 2.22. The Hall–Kier alpha value is -0.720. The van der Waals surface area contributed by atoms with E-state index in [1.165, 1.54) is 18.7 Å². The zero-order valence-corrected chi connectivity index (χ0v) is 5.67. The Morgan fingerprint density at radius 2 is 2.56 bits per heavy atom. The Labute approximate surface area is 55.3 Å². The molecule has 0 amide bonds. The Morgan fingerprint density at radius 3 is 3.33 bits per heavy atom. The minimum atomic E-state index is 0.862. The fraction of sp³-hybridized carbons (Fsp3) is 0.500. The lowest BCUT2D eigenvalue weighted by Gasteiger charge is -1.95. The van der Waals surface area contributed by atoms with Gasteiger partial charge in [-0.15, -0.1) is 0 Å². The third-order valence-electron chi connectivity index (χ3n) is 1.99. The lowest BCUT2D eigenvalue weighted by molar-refractivity contribution is 0.564. The maximum absolute atomic E-state index is 2.34. The minimum absolute atomic E-state index is 0.862. The van der Waals surface area contributed by atoms with Gasteiger partial charge < -0.3 is 4.57 Å². The second-order valence-electron chi connectivity index (χ2n) is 2.96. The molecule has 0 saturated heterocycles. The molecule has 0 radical (unpaired) electrons. The molecule has 1 atom stereocenters. The predicted octanol–water partition coefficient (Wildman–Crippen LogP) is 1.68. The topological polar surface area (TPSA) is 4.93 Å². The van der Waals surface area contributed by atoms with E-state index >= 15 is 0 Å². The van der Waals surface area contributed by atoms with Crippen LogP contribution < -0.4 is 0 Å². The van der Waals surface area contributed by atoms with Crippen LogP contribution in [0.15, 0.2) is 18.3 Å². The van der Waals surface area contributed by atoms with Crippen LogP contribution in [0.25, 0.3) is 0 Å². The Kier molecular flexibility index (Phi) is 0.922. The number of aromatic nitrogens is 1. The van der Waals surface area contributed by atoms with Crippen LogP contribution in [0.2, 0.25) is 0 Å². The molecule has 1 aromatic heterocycles. The molecule has 1 aliphatic heterocycles. The van der Waals surface area contributed by atoms with Gasteiger partial charge in [-0.3, -0.25) is 0 Å². The molecule has 0 spiro atoms. The lowest BCUT2D eigenvalue weighted by Crippen LogP contribution is -1.94. The van der Waals surface area contributed by atoms with E-state index in [1.54, 1.807) is 0 Å². The van der Waals surface area contributed by atoms with Crippen molar-refractivity contribution in [3.63, 3.8) is 0 Å². The van der Waals surface area contributed by atoms with Crippen molar-refractivity contribution in [3.05, 3.63) is 24.0 Å². The molecule has 0 fully saturated rings. The molecule has 1 nitrogen and oxygen atoms in total. The highest BCUT2D eigenvalue weighted by Gasteiger charge is 2.14. The first-order chi connectivity index (χ1) is 4.36. The number of hydrogen-bond acceptors (Lipinski definition) is 0. The highest BCUT2D eigenvalue weighted by atomic mass is 15.0. The van der Waals surface area contributed by atoms with Crippen LogP contribution in [0.3, 0.4) is 0 Å². The number of rotatable bonds is 0. The molecule has 48 valence electrons. The molecule has 1 unspecified atom stereocenters. The summed E-state index contributed by atoms with van der Waals surface area (Å²) in [5.74, 6) is 0.862. The van der Waals surface area contributed by atoms with E-state index in [-0.39, 0.29) is 0 Å². The van der Waals surface area contributed by atoms with Crippen molar-refractivity contribution in [3.8, 4) is 0 Å². The second kappa shape index (κ2) is 1.63. The van der Waals surface area contributed by atoms with Crippen molar-refractivity contribution < 1.29 is 0 Å². The summed E-state index contributed by atoms with van der Waals surface area (Å²) in [5, 5.41) is 0. The molecule has 2 rings (SSSR count). The molecular weight excluding hydrogens is 110 g/mol. The quantitative estimate of drug-likeness (QED) is 0.492. The van der Waals surface area contributed by atoms with Crippen LogP contribution in [0.5, 0.6) is 0 Å². The van der Waals surface area contributed by atoms with Gasteiger partial charge in [-0.2, -0.15) is 0 Å². The highest BCUT2D eigenvalue weighted by molar-refractivity contribution is 5.11. The number of hydrogen-bond donors (Lipinski definition) is 0. The maximum Gasteiger partial charge on any atom is 0.0251 e. The lowest BCUT2D eigenvalue weighted by atomic mass is 10.1. The summed E-state index contributed by atoms with van der Waals surface area (Å²) in [6.07, 6.45) is 3.44. The minimum Gasteiger partial charge on any atom is -0.351 e. The van der Waals surface area contributed by atoms with Crippen molar-refractivity contribution in [1.29, 1.82) is 0 Å². The third kappa shape index (κ3) is 0.680. The molecule has 0 bridgehead atoms. The van der Waals surface area contributed by atoms with Gasteiger partial charge in [0, 0.05) is 18.4 Å². The van der Waals surface area contributed by atoms with Crippen LogP contribution in [-0.2, 0) is 13.0 Å². The van der Waals surface area contributed by atoms with Crippen molar-refractivity contribution in [2.75, 3.05) is 0 Å². The standard InChI is InChI=1S/C8H11N/c1-7-5-8-3-2-4-9(8)6-7/h2-4,7H,5-6H2,1H3. The molecule has 1 aromatic rings. The van der Waals surface area contributed by atoms with Crippen molar-refractivity contribution >= 4 is 0 Å². The van der Waals surface area contributed by atoms with E-state index in [4.69, 9.17) is 0 Å². The van der Waals surface area contributed by atoms with Gasteiger partial charge in [-0.1, -0.05) is 6.92 Å². The summed E-state index contributed by atoms with van der Waals surface area (Å²) in [5.41, 5.74) is 1.50. The summed E-state index contributed by atoms with van der Waals surface area (Å²) in [6, 6.07) is 4.34. The van der Waals surface area contributed by atoms with E-state index in [1.807, 2.05) is 0 Å². The van der Waals surface area contributed by atoms with E-state index < -0.39 is 0 Å². The van der Waals surface area contributed by atoms with Gasteiger partial charge in [0.2, 0.25) is 0 Å². The molecule has 0 aromatic carbocycles. The van der Waals surface area contributed by atoms with Crippen LogP contribution in [0, 0.1) is 5.92 Å². The number of nitrogens with zero attached hydrogens (tertiary/aromatic N) is 1. The molecule has 0 aliphatic carbocycles. The maximum atomic E-state index is 2.34. The smallest absolute Gasteiger partial charge is 0.0251 e.